The highest BCUT2D eigenvalue weighted by Crippen LogP contribution is 2.17. The molecule has 0 aliphatic heterocycles. The number of nitrogens with zero attached hydrogens (tertiary/aromatic N) is 4. The molecule has 0 amide bonds. The van der Waals surface area contributed by atoms with Crippen molar-refractivity contribution in [2.24, 2.45) is 7.05 Å². The zero-order valence-corrected chi connectivity index (χ0v) is 11.2. The predicted octanol–water partition coefficient (Wildman–Crippen LogP) is 2.12. The van der Waals surface area contributed by atoms with E-state index in [4.69, 9.17) is 4.52 Å². The molecule has 0 saturated heterocycles. The molecule has 3 aromatic rings. The summed E-state index contributed by atoms with van der Waals surface area (Å²) in [5.41, 5.74) is 0.914. The van der Waals surface area contributed by atoms with Gasteiger partial charge in [0.05, 0.1) is 0 Å². The topological polar surface area (TPSA) is 68.8 Å². The third-order valence-corrected chi connectivity index (χ3v) is 3.00. The number of imidazole rings is 1. The molecular formula is C14H15N5O. The molecule has 6 nitrogen and oxygen atoms in total. The zero-order valence-electron chi connectivity index (χ0n) is 11.2. The lowest BCUT2D eigenvalue weighted by Crippen LogP contribution is -2.09. The number of hydrogen-bond acceptors (Lipinski definition) is 5. The van der Waals surface area contributed by atoms with Gasteiger partial charge < -0.3 is 14.4 Å². The lowest BCUT2D eigenvalue weighted by atomic mass is 10.2. The minimum atomic E-state index is 0.498. The number of aromatic nitrogens is 4. The highest BCUT2D eigenvalue weighted by atomic mass is 16.5. The van der Waals surface area contributed by atoms with Gasteiger partial charge in [0, 0.05) is 38.0 Å². The molecule has 3 rings (SSSR count). The van der Waals surface area contributed by atoms with Crippen LogP contribution in [0.3, 0.4) is 0 Å². The van der Waals surface area contributed by atoms with Crippen molar-refractivity contribution < 1.29 is 4.52 Å². The summed E-state index contributed by atoms with van der Waals surface area (Å²) in [6.45, 7) is 0.707. The normalized spacial score (nSPS) is 10.7. The largest absolute Gasteiger partial charge is 0.351 e. The number of benzene rings is 1. The summed E-state index contributed by atoms with van der Waals surface area (Å²) < 4.78 is 7.21. The molecule has 1 aromatic carbocycles. The van der Waals surface area contributed by atoms with Crippen LogP contribution >= 0.6 is 0 Å². The summed E-state index contributed by atoms with van der Waals surface area (Å²) >= 11 is 0. The van der Waals surface area contributed by atoms with Gasteiger partial charge in [-0.25, -0.2) is 4.98 Å². The first-order valence-corrected chi connectivity index (χ1v) is 6.42. The Kier molecular flexibility index (Phi) is 3.45. The van der Waals surface area contributed by atoms with E-state index in [2.05, 4.69) is 20.4 Å². The average Bonchev–Trinajstić information content (AvgIpc) is 3.10. The molecule has 0 bridgehead atoms. The summed E-state index contributed by atoms with van der Waals surface area (Å²) in [6.07, 6.45) is 4.52. The first kappa shape index (κ1) is 12.4. The lowest BCUT2D eigenvalue weighted by molar-refractivity contribution is 0.432. The van der Waals surface area contributed by atoms with Crippen LogP contribution in [0, 0.1) is 0 Å². The van der Waals surface area contributed by atoms with E-state index >= 15 is 0 Å². The first-order chi connectivity index (χ1) is 9.83. The van der Waals surface area contributed by atoms with E-state index in [1.165, 1.54) is 0 Å². The molecule has 0 aliphatic carbocycles. The van der Waals surface area contributed by atoms with Crippen LogP contribution in [0.2, 0.25) is 0 Å². The zero-order chi connectivity index (χ0) is 13.8. The Hall–Kier alpha value is -2.63. The van der Waals surface area contributed by atoms with Crippen molar-refractivity contribution in [3.8, 4) is 11.5 Å². The van der Waals surface area contributed by atoms with Crippen LogP contribution in [-0.4, -0.2) is 26.2 Å². The van der Waals surface area contributed by atoms with Crippen molar-refractivity contribution >= 4 is 5.95 Å². The number of hydrogen-bond donors (Lipinski definition) is 1. The average molecular weight is 269 g/mol. The van der Waals surface area contributed by atoms with Crippen LogP contribution in [0.25, 0.3) is 11.5 Å². The van der Waals surface area contributed by atoms with E-state index in [1.807, 2.05) is 48.1 Å². The second-order valence-corrected chi connectivity index (χ2v) is 4.42. The molecular weight excluding hydrogens is 254 g/mol. The maximum absolute atomic E-state index is 5.22. The third kappa shape index (κ3) is 2.69. The van der Waals surface area contributed by atoms with Gasteiger partial charge in [-0.2, -0.15) is 4.98 Å². The van der Waals surface area contributed by atoms with Crippen LogP contribution in [0.5, 0.6) is 0 Å². The Morgan fingerprint density at radius 1 is 1.25 bits per heavy atom. The Bertz CT molecular complexity index is 674. The van der Waals surface area contributed by atoms with Gasteiger partial charge in [-0.15, -0.1) is 0 Å². The van der Waals surface area contributed by atoms with E-state index in [0.717, 1.165) is 17.8 Å². The van der Waals surface area contributed by atoms with E-state index in [-0.39, 0.29) is 0 Å². The second kappa shape index (κ2) is 5.56. The van der Waals surface area contributed by atoms with Gasteiger partial charge >= 0.3 is 0 Å². The smallest absolute Gasteiger partial charge is 0.263 e. The van der Waals surface area contributed by atoms with Crippen LogP contribution in [0.4, 0.5) is 5.95 Å². The summed E-state index contributed by atoms with van der Waals surface area (Å²) in [5.74, 6) is 2.03. The summed E-state index contributed by atoms with van der Waals surface area (Å²) in [4.78, 5) is 8.56. The van der Waals surface area contributed by atoms with Gasteiger partial charge in [-0.3, -0.25) is 0 Å². The maximum atomic E-state index is 5.22. The standard InChI is InChI=1S/C14H15N5O/c1-19-10-9-15-12(19)7-8-16-14-17-13(20-18-14)11-5-3-2-4-6-11/h2-6,9-10H,7-8H2,1H3,(H,16,18). The van der Waals surface area contributed by atoms with E-state index in [0.29, 0.717) is 18.4 Å². The predicted molar refractivity (Wildman–Crippen MR) is 75.1 cm³/mol. The monoisotopic (exact) mass is 269 g/mol. The SMILES string of the molecule is Cn1ccnc1CCNc1noc(-c2ccccc2)n1. The summed E-state index contributed by atoms with van der Waals surface area (Å²) in [7, 11) is 1.98. The van der Waals surface area contributed by atoms with Crippen molar-refractivity contribution in [1.29, 1.82) is 0 Å². The third-order valence-electron chi connectivity index (χ3n) is 3.00. The van der Waals surface area contributed by atoms with E-state index in [9.17, 15) is 0 Å². The Balaban J connectivity index is 1.59. The van der Waals surface area contributed by atoms with Gasteiger partial charge in [0.1, 0.15) is 5.82 Å². The highest BCUT2D eigenvalue weighted by Gasteiger charge is 2.07. The van der Waals surface area contributed by atoms with Gasteiger partial charge in [0.15, 0.2) is 0 Å². The second-order valence-electron chi connectivity index (χ2n) is 4.42. The fourth-order valence-corrected chi connectivity index (χ4v) is 1.92. The van der Waals surface area contributed by atoms with Crippen LogP contribution in [0.1, 0.15) is 5.82 Å². The van der Waals surface area contributed by atoms with Gasteiger partial charge in [-0.05, 0) is 17.3 Å². The minimum Gasteiger partial charge on any atom is -0.351 e. The van der Waals surface area contributed by atoms with Crippen molar-refractivity contribution in [1.82, 2.24) is 19.7 Å². The molecule has 0 fully saturated rings. The number of aryl methyl sites for hydroxylation is 1. The van der Waals surface area contributed by atoms with E-state index in [1.54, 1.807) is 6.20 Å². The van der Waals surface area contributed by atoms with E-state index < -0.39 is 0 Å². The number of anilines is 1. The van der Waals surface area contributed by atoms with Crippen LogP contribution in [-0.2, 0) is 13.5 Å². The number of nitrogens with one attached hydrogen (secondary N) is 1. The lowest BCUT2D eigenvalue weighted by Gasteiger charge is -2.01. The minimum absolute atomic E-state index is 0.498. The van der Waals surface area contributed by atoms with Crippen molar-refractivity contribution in [3.05, 3.63) is 48.5 Å². The highest BCUT2D eigenvalue weighted by molar-refractivity contribution is 5.53. The van der Waals surface area contributed by atoms with Gasteiger partial charge in [-0.1, -0.05) is 18.2 Å². The van der Waals surface area contributed by atoms with Crippen molar-refractivity contribution in [3.63, 3.8) is 0 Å². The Morgan fingerprint density at radius 2 is 2.10 bits per heavy atom. The molecule has 102 valence electrons. The first-order valence-electron chi connectivity index (χ1n) is 6.42. The Labute approximate surface area is 116 Å². The van der Waals surface area contributed by atoms with Gasteiger partial charge in [0.25, 0.3) is 11.8 Å². The summed E-state index contributed by atoms with van der Waals surface area (Å²) in [6, 6.07) is 9.70. The fourth-order valence-electron chi connectivity index (χ4n) is 1.92. The molecule has 0 saturated carbocycles. The molecule has 0 aliphatic rings. The molecule has 0 radical (unpaired) electrons. The molecule has 0 atom stereocenters. The van der Waals surface area contributed by atoms with Crippen molar-refractivity contribution in [2.45, 2.75) is 6.42 Å². The van der Waals surface area contributed by atoms with Crippen molar-refractivity contribution in [2.75, 3.05) is 11.9 Å². The van der Waals surface area contributed by atoms with Crippen LogP contribution < -0.4 is 5.32 Å². The molecule has 2 aromatic heterocycles. The molecule has 6 heteroatoms. The molecule has 0 spiro atoms. The summed E-state index contributed by atoms with van der Waals surface area (Å²) in [5, 5.41) is 7.04. The number of rotatable bonds is 5. The fraction of sp³-hybridized carbons (Fsp3) is 0.214. The van der Waals surface area contributed by atoms with Crippen LogP contribution in [0.15, 0.2) is 47.2 Å². The molecule has 1 N–H and O–H groups in total. The quantitative estimate of drug-likeness (QED) is 0.768. The van der Waals surface area contributed by atoms with Gasteiger partial charge in [0.2, 0.25) is 0 Å². The maximum Gasteiger partial charge on any atom is 0.263 e. The Morgan fingerprint density at radius 3 is 2.85 bits per heavy atom. The molecule has 2 heterocycles. The molecule has 0 unspecified atom stereocenters. The molecule has 20 heavy (non-hydrogen) atoms.